The van der Waals surface area contributed by atoms with Crippen molar-refractivity contribution < 1.29 is 9.53 Å². The molecule has 1 amide bonds. The van der Waals surface area contributed by atoms with Crippen molar-refractivity contribution in [3.05, 3.63) is 29.8 Å². The Labute approximate surface area is 133 Å². The Hall–Kier alpha value is -1.55. The summed E-state index contributed by atoms with van der Waals surface area (Å²) in [6.07, 6.45) is 2.33. The predicted molar refractivity (Wildman–Crippen MR) is 89.3 cm³/mol. The maximum absolute atomic E-state index is 12.1. The smallest absolute Gasteiger partial charge is 0.251 e. The number of carbonyl (C=O) groups excluding carboxylic acids is 1. The van der Waals surface area contributed by atoms with E-state index in [4.69, 9.17) is 4.74 Å². The van der Waals surface area contributed by atoms with Gasteiger partial charge < -0.3 is 15.0 Å². The first-order chi connectivity index (χ1) is 10.6. The summed E-state index contributed by atoms with van der Waals surface area (Å²) in [4.78, 5) is 14.6. The van der Waals surface area contributed by atoms with E-state index in [1.807, 2.05) is 18.2 Å². The minimum atomic E-state index is -0.0284. The number of hydrogen-bond donors (Lipinski definition) is 1. The van der Waals surface area contributed by atoms with Gasteiger partial charge in [0.25, 0.3) is 5.91 Å². The van der Waals surface area contributed by atoms with Crippen LogP contribution in [0.2, 0.25) is 0 Å². The minimum absolute atomic E-state index is 0.0284. The van der Waals surface area contributed by atoms with E-state index in [0.717, 1.165) is 31.3 Å². The third-order valence-electron chi connectivity index (χ3n) is 4.21. The van der Waals surface area contributed by atoms with Crippen molar-refractivity contribution in [2.24, 2.45) is 11.8 Å². The number of likely N-dealkylation sites (tertiary alicyclic amines) is 1. The maximum atomic E-state index is 12.1. The average Bonchev–Trinajstić information content (AvgIpc) is 2.50. The average molecular weight is 304 g/mol. The third-order valence-corrected chi connectivity index (χ3v) is 4.21. The molecule has 1 aliphatic rings. The van der Waals surface area contributed by atoms with Crippen LogP contribution in [0, 0.1) is 11.8 Å². The fourth-order valence-corrected chi connectivity index (χ4v) is 3.35. The summed E-state index contributed by atoms with van der Waals surface area (Å²) in [7, 11) is 1.61. The summed E-state index contributed by atoms with van der Waals surface area (Å²) in [5.74, 6) is 2.26. The van der Waals surface area contributed by atoms with Crippen molar-refractivity contribution >= 4 is 5.91 Å². The number of rotatable bonds is 6. The summed E-state index contributed by atoms with van der Waals surface area (Å²) in [5.41, 5.74) is 0.652. The van der Waals surface area contributed by atoms with Crippen LogP contribution in [0.15, 0.2) is 24.3 Å². The molecule has 1 fully saturated rings. The molecule has 0 spiro atoms. The van der Waals surface area contributed by atoms with Crippen LogP contribution in [0.5, 0.6) is 5.75 Å². The zero-order valence-electron chi connectivity index (χ0n) is 14.0. The highest BCUT2D eigenvalue weighted by Crippen LogP contribution is 2.20. The molecule has 1 aliphatic heterocycles. The van der Waals surface area contributed by atoms with Crippen molar-refractivity contribution in [1.29, 1.82) is 0 Å². The van der Waals surface area contributed by atoms with Crippen LogP contribution < -0.4 is 10.1 Å². The molecule has 2 rings (SSSR count). The number of piperidine rings is 1. The SMILES string of the molecule is COc1cccc(C(=O)NCCCN2C[C@H](C)C[C@@H](C)C2)c1. The maximum Gasteiger partial charge on any atom is 0.251 e. The van der Waals surface area contributed by atoms with Gasteiger partial charge in [-0.15, -0.1) is 0 Å². The van der Waals surface area contributed by atoms with Crippen LogP contribution >= 0.6 is 0 Å². The number of benzene rings is 1. The molecule has 1 saturated heterocycles. The first kappa shape index (κ1) is 16.8. The van der Waals surface area contributed by atoms with E-state index >= 15 is 0 Å². The van der Waals surface area contributed by atoms with Crippen LogP contribution in [0.3, 0.4) is 0 Å². The highest BCUT2D eigenvalue weighted by Gasteiger charge is 2.21. The topological polar surface area (TPSA) is 41.6 Å². The third kappa shape index (κ3) is 5.02. The molecule has 1 aromatic carbocycles. The van der Waals surface area contributed by atoms with E-state index in [9.17, 15) is 4.79 Å². The number of nitrogens with one attached hydrogen (secondary N) is 1. The van der Waals surface area contributed by atoms with E-state index in [1.54, 1.807) is 13.2 Å². The number of carbonyl (C=O) groups is 1. The second-order valence-corrected chi connectivity index (χ2v) is 6.55. The zero-order valence-corrected chi connectivity index (χ0v) is 14.0. The highest BCUT2D eigenvalue weighted by atomic mass is 16.5. The molecule has 0 aliphatic carbocycles. The Morgan fingerprint density at radius 3 is 2.73 bits per heavy atom. The van der Waals surface area contributed by atoms with Gasteiger partial charge in [0, 0.05) is 25.2 Å². The first-order valence-electron chi connectivity index (χ1n) is 8.23. The molecule has 0 radical (unpaired) electrons. The van der Waals surface area contributed by atoms with Crippen molar-refractivity contribution in [3.63, 3.8) is 0 Å². The fraction of sp³-hybridized carbons (Fsp3) is 0.611. The Bertz CT molecular complexity index is 480. The molecule has 4 nitrogen and oxygen atoms in total. The van der Waals surface area contributed by atoms with E-state index in [1.165, 1.54) is 19.5 Å². The van der Waals surface area contributed by atoms with Gasteiger partial charge in [0.1, 0.15) is 5.75 Å². The number of methoxy groups -OCH3 is 1. The van der Waals surface area contributed by atoms with Gasteiger partial charge in [-0.25, -0.2) is 0 Å². The van der Waals surface area contributed by atoms with Crippen LogP contribution in [-0.2, 0) is 0 Å². The van der Waals surface area contributed by atoms with Gasteiger partial charge >= 0.3 is 0 Å². The second kappa shape index (κ2) is 8.18. The Morgan fingerprint density at radius 1 is 1.32 bits per heavy atom. The summed E-state index contributed by atoms with van der Waals surface area (Å²) < 4.78 is 5.14. The molecule has 0 aromatic heterocycles. The lowest BCUT2D eigenvalue weighted by Crippen LogP contribution is -2.40. The molecule has 1 heterocycles. The lowest BCUT2D eigenvalue weighted by Gasteiger charge is -2.34. The molecule has 1 N–H and O–H groups in total. The summed E-state index contributed by atoms with van der Waals surface area (Å²) in [6.45, 7) is 8.81. The summed E-state index contributed by atoms with van der Waals surface area (Å²) in [5, 5.41) is 2.99. The summed E-state index contributed by atoms with van der Waals surface area (Å²) >= 11 is 0. The van der Waals surface area contributed by atoms with E-state index in [2.05, 4.69) is 24.1 Å². The Kier molecular flexibility index (Phi) is 6.25. The molecule has 0 bridgehead atoms. The molecule has 22 heavy (non-hydrogen) atoms. The quantitative estimate of drug-likeness (QED) is 0.822. The van der Waals surface area contributed by atoms with Gasteiger partial charge in [-0.05, 0) is 49.4 Å². The van der Waals surface area contributed by atoms with Crippen LogP contribution in [0.4, 0.5) is 0 Å². The molecule has 0 saturated carbocycles. The largest absolute Gasteiger partial charge is 0.497 e. The number of amides is 1. The van der Waals surface area contributed by atoms with Crippen molar-refractivity contribution in [2.45, 2.75) is 26.7 Å². The van der Waals surface area contributed by atoms with E-state index in [-0.39, 0.29) is 5.91 Å². The van der Waals surface area contributed by atoms with Crippen LogP contribution in [0.25, 0.3) is 0 Å². The molecule has 2 atom stereocenters. The summed E-state index contributed by atoms with van der Waals surface area (Å²) in [6, 6.07) is 7.26. The lowest BCUT2D eigenvalue weighted by atomic mass is 9.92. The number of hydrogen-bond acceptors (Lipinski definition) is 3. The van der Waals surface area contributed by atoms with E-state index in [0.29, 0.717) is 11.3 Å². The van der Waals surface area contributed by atoms with E-state index < -0.39 is 0 Å². The molecule has 1 aromatic rings. The normalized spacial score (nSPS) is 22.3. The van der Waals surface area contributed by atoms with Crippen LogP contribution in [-0.4, -0.2) is 44.1 Å². The monoisotopic (exact) mass is 304 g/mol. The van der Waals surface area contributed by atoms with Gasteiger partial charge in [0.2, 0.25) is 0 Å². The predicted octanol–water partition coefficient (Wildman–Crippen LogP) is 2.79. The van der Waals surface area contributed by atoms with Gasteiger partial charge in [-0.3, -0.25) is 4.79 Å². The fourth-order valence-electron chi connectivity index (χ4n) is 3.35. The van der Waals surface area contributed by atoms with Crippen LogP contribution in [0.1, 0.15) is 37.0 Å². The molecule has 122 valence electrons. The first-order valence-corrected chi connectivity index (χ1v) is 8.23. The highest BCUT2D eigenvalue weighted by molar-refractivity contribution is 5.94. The number of nitrogens with zero attached hydrogens (tertiary/aromatic N) is 1. The molecular formula is C18H28N2O2. The van der Waals surface area contributed by atoms with Crippen molar-refractivity contribution in [3.8, 4) is 5.75 Å². The second-order valence-electron chi connectivity index (χ2n) is 6.55. The van der Waals surface area contributed by atoms with Gasteiger partial charge in [-0.1, -0.05) is 19.9 Å². The van der Waals surface area contributed by atoms with Gasteiger partial charge in [0.15, 0.2) is 0 Å². The van der Waals surface area contributed by atoms with Gasteiger partial charge in [-0.2, -0.15) is 0 Å². The Morgan fingerprint density at radius 2 is 2.05 bits per heavy atom. The Balaban J connectivity index is 1.70. The van der Waals surface area contributed by atoms with Gasteiger partial charge in [0.05, 0.1) is 7.11 Å². The van der Waals surface area contributed by atoms with Crippen molar-refractivity contribution in [2.75, 3.05) is 33.3 Å². The molecule has 0 unspecified atom stereocenters. The van der Waals surface area contributed by atoms with Crippen molar-refractivity contribution in [1.82, 2.24) is 10.2 Å². The number of ether oxygens (including phenoxy) is 1. The standard InChI is InChI=1S/C18H28N2O2/c1-14-10-15(2)13-20(12-14)9-5-8-19-18(21)16-6-4-7-17(11-16)22-3/h4,6-7,11,14-15H,5,8-10,12-13H2,1-3H3,(H,19,21)/t14-,15-/m1/s1. The molecular weight excluding hydrogens is 276 g/mol. The lowest BCUT2D eigenvalue weighted by molar-refractivity contribution is 0.0947. The minimum Gasteiger partial charge on any atom is -0.497 e. The zero-order chi connectivity index (χ0) is 15.9. The molecule has 4 heteroatoms.